The number of nitro groups is 1. The normalized spacial score (nSPS) is 18.3. The van der Waals surface area contributed by atoms with Gasteiger partial charge in [0, 0.05) is 26.6 Å². The van der Waals surface area contributed by atoms with Crippen molar-refractivity contribution in [1.82, 2.24) is 9.80 Å². The van der Waals surface area contributed by atoms with Crippen LogP contribution in [0.25, 0.3) is 12.2 Å². The summed E-state index contributed by atoms with van der Waals surface area (Å²) >= 11 is 0. The molecule has 7 nitrogen and oxygen atoms in total. The van der Waals surface area contributed by atoms with E-state index in [1.165, 1.54) is 35.1 Å². The van der Waals surface area contributed by atoms with E-state index in [1.807, 2.05) is 30.3 Å². The van der Waals surface area contributed by atoms with Crippen molar-refractivity contribution in [3.8, 4) is 0 Å². The van der Waals surface area contributed by atoms with Crippen LogP contribution in [0.15, 0.2) is 60.8 Å². The van der Waals surface area contributed by atoms with Crippen LogP contribution in [-0.4, -0.2) is 46.7 Å². The molecular formula is C22H21N3O4. The lowest BCUT2D eigenvalue weighted by molar-refractivity contribution is -0.385. The number of nitro benzene ring substituents is 1. The molecule has 29 heavy (non-hydrogen) atoms. The molecule has 1 atom stereocenters. The van der Waals surface area contributed by atoms with Gasteiger partial charge in [0.2, 0.25) is 5.91 Å². The number of nitrogens with zero attached hydrogens (tertiary/aromatic N) is 3. The summed E-state index contributed by atoms with van der Waals surface area (Å²) in [6.07, 6.45) is 3.27. The van der Waals surface area contributed by atoms with Crippen LogP contribution in [0.1, 0.15) is 16.7 Å². The molecule has 148 valence electrons. The zero-order valence-electron chi connectivity index (χ0n) is 16.2. The highest BCUT2D eigenvalue weighted by Gasteiger charge is 2.39. The highest BCUT2D eigenvalue weighted by molar-refractivity contribution is 6.07. The first-order chi connectivity index (χ1) is 13.8. The molecule has 3 rings (SSSR count). The molecule has 2 amide bonds. The van der Waals surface area contributed by atoms with Gasteiger partial charge in [-0.2, -0.15) is 0 Å². The van der Waals surface area contributed by atoms with E-state index >= 15 is 0 Å². The fourth-order valence-electron chi connectivity index (χ4n) is 3.40. The van der Waals surface area contributed by atoms with Crippen LogP contribution >= 0.6 is 0 Å². The van der Waals surface area contributed by atoms with Gasteiger partial charge in [-0.3, -0.25) is 19.7 Å². The molecule has 2 aromatic carbocycles. The molecule has 7 heteroatoms. The van der Waals surface area contributed by atoms with Crippen LogP contribution in [0, 0.1) is 10.1 Å². The van der Waals surface area contributed by atoms with Gasteiger partial charge < -0.3 is 9.80 Å². The minimum absolute atomic E-state index is 0.0826. The van der Waals surface area contributed by atoms with Crippen LogP contribution in [-0.2, 0) is 16.0 Å². The Morgan fingerprint density at radius 2 is 1.79 bits per heavy atom. The van der Waals surface area contributed by atoms with E-state index in [0.717, 1.165) is 5.56 Å². The van der Waals surface area contributed by atoms with Crippen LogP contribution in [0.4, 0.5) is 5.69 Å². The fourth-order valence-corrected chi connectivity index (χ4v) is 3.40. The van der Waals surface area contributed by atoms with Gasteiger partial charge in [-0.25, -0.2) is 0 Å². The topological polar surface area (TPSA) is 83.8 Å². The molecule has 0 spiro atoms. The van der Waals surface area contributed by atoms with Gasteiger partial charge >= 0.3 is 0 Å². The quantitative estimate of drug-likeness (QED) is 0.445. The van der Waals surface area contributed by atoms with E-state index in [9.17, 15) is 19.7 Å². The first kappa shape index (κ1) is 20.0. The number of carbonyl (C=O) groups excluding carboxylic acids is 2. The van der Waals surface area contributed by atoms with Crippen molar-refractivity contribution in [3.05, 3.63) is 87.6 Å². The van der Waals surface area contributed by atoms with Crippen molar-refractivity contribution in [3.63, 3.8) is 0 Å². The van der Waals surface area contributed by atoms with E-state index in [2.05, 4.69) is 6.58 Å². The number of benzene rings is 2. The number of likely N-dealkylation sites (N-methyl/N-ethyl adjacent to an activating group) is 2. The second-order valence-corrected chi connectivity index (χ2v) is 6.79. The fraction of sp³-hybridized carbons (Fsp3) is 0.182. The molecule has 0 aromatic heterocycles. The van der Waals surface area contributed by atoms with E-state index < -0.39 is 11.0 Å². The molecule has 1 saturated heterocycles. The molecule has 0 saturated carbocycles. The van der Waals surface area contributed by atoms with Crippen molar-refractivity contribution >= 4 is 29.7 Å². The highest BCUT2D eigenvalue weighted by Crippen LogP contribution is 2.29. The standard InChI is InChI=1S/C22H21N3O4/c1-4-16-11-8-12-18(25(28)29)17(16)14-20-22(27)23(2)19(21(26)24(20)3)13-15-9-6-5-7-10-15/h4-12,14,19H,1,13H2,2-3H3. The smallest absolute Gasteiger partial charge is 0.277 e. The van der Waals surface area contributed by atoms with Crippen LogP contribution < -0.4 is 0 Å². The lowest BCUT2D eigenvalue weighted by Gasteiger charge is -2.38. The highest BCUT2D eigenvalue weighted by atomic mass is 16.6. The van der Waals surface area contributed by atoms with Crippen LogP contribution in [0.3, 0.4) is 0 Å². The summed E-state index contributed by atoms with van der Waals surface area (Å²) < 4.78 is 0. The minimum Gasteiger partial charge on any atom is -0.328 e. The lowest BCUT2D eigenvalue weighted by atomic mass is 9.98. The summed E-state index contributed by atoms with van der Waals surface area (Å²) in [6.45, 7) is 3.68. The molecule has 1 unspecified atom stereocenters. The second-order valence-electron chi connectivity index (χ2n) is 6.79. The molecule has 2 aromatic rings. The van der Waals surface area contributed by atoms with Gasteiger partial charge in [-0.1, -0.05) is 55.1 Å². The third-order valence-electron chi connectivity index (χ3n) is 5.07. The Morgan fingerprint density at radius 3 is 2.41 bits per heavy atom. The monoisotopic (exact) mass is 391 g/mol. The molecule has 1 fully saturated rings. The lowest BCUT2D eigenvalue weighted by Crippen LogP contribution is -2.56. The summed E-state index contributed by atoms with van der Waals surface area (Å²) in [5.41, 5.74) is 1.62. The van der Waals surface area contributed by atoms with Crippen molar-refractivity contribution < 1.29 is 14.5 Å². The van der Waals surface area contributed by atoms with Gasteiger partial charge in [0.1, 0.15) is 11.7 Å². The minimum atomic E-state index is -0.642. The van der Waals surface area contributed by atoms with E-state index in [-0.39, 0.29) is 28.8 Å². The summed E-state index contributed by atoms with van der Waals surface area (Å²) in [6, 6.07) is 13.4. The van der Waals surface area contributed by atoms with E-state index in [4.69, 9.17) is 0 Å². The molecule has 1 aliphatic heterocycles. The predicted molar refractivity (Wildman–Crippen MR) is 111 cm³/mol. The summed E-state index contributed by atoms with van der Waals surface area (Å²) in [5, 5.41) is 11.4. The zero-order valence-corrected chi connectivity index (χ0v) is 16.2. The molecular weight excluding hydrogens is 370 g/mol. The van der Waals surface area contributed by atoms with Gasteiger partial charge in [-0.15, -0.1) is 0 Å². The maximum Gasteiger partial charge on any atom is 0.277 e. The first-order valence-electron chi connectivity index (χ1n) is 9.05. The third-order valence-corrected chi connectivity index (χ3v) is 5.07. The molecule has 0 radical (unpaired) electrons. The maximum absolute atomic E-state index is 13.0. The molecule has 0 aliphatic carbocycles. The molecule has 0 N–H and O–H groups in total. The zero-order chi connectivity index (χ0) is 21.1. The molecule has 1 heterocycles. The molecule has 0 bridgehead atoms. The number of hydrogen-bond acceptors (Lipinski definition) is 4. The van der Waals surface area contributed by atoms with Crippen molar-refractivity contribution in [2.24, 2.45) is 0 Å². The van der Waals surface area contributed by atoms with Crippen molar-refractivity contribution in [2.45, 2.75) is 12.5 Å². The number of amides is 2. The Bertz CT molecular complexity index is 1010. The Balaban J connectivity index is 2.01. The average molecular weight is 391 g/mol. The predicted octanol–water partition coefficient (Wildman–Crippen LogP) is 3.12. The van der Waals surface area contributed by atoms with Gasteiger partial charge in [-0.05, 0) is 17.2 Å². The number of piperazine rings is 1. The van der Waals surface area contributed by atoms with Gasteiger partial charge in [0.15, 0.2) is 0 Å². The largest absolute Gasteiger partial charge is 0.328 e. The SMILES string of the molecule is C=Cc1cccc([N+](=O)[O-])c1C=C1C(=O)N(C)C(Cc2ccccc2)C(=O)N1C. The maximum atomic E-state index is 13.0. The Labute approximate surface area is 168 Å². The van der Waals surface area contributed by atoms with Crippen LogP contribution in [0.5, 0.6) is 0 Å². The average Bonchev–Trinajstić information content (AvgIpc) is 2.73. The summed E-state index contributed by atoms with van der Waals surface area (Å²) in [5.74, 6) is -0.623. The van der Waals surface area contributed by atoms with Crippen molar-refractivity contribution in [2.75, 3.05) is 14.1 Å². The Hall–Kier alpha value is -3.74. The second kappa shape index (κ2) is 8.10. The van der Waals surface area contributed by atoms with E-state index in [1.54, 1.807) is 19.2 Å². The summed E-state index contributed by atoms with van der Waals surface area (Å²) in [4.78, 5) is 39.6. The first-order valence-corrected chi connectivity index (χ1v) is 9.05. The van der Waals surface area contributed by atoms with Crippen molar-refractivity contribution in [1.29, 1.82) is 0 Å². The van der Waals surface area contributed by atoms with Gasteiger partial charge in [0.25, 0.3) is 11.6 Å². The van der Waals surface area contributed by atoms with Gasteiger partial charge in [0.05, 0.1) is 10.5 Å². The molecule has 1 aliphatic rings. The summed E-state index contributed by atoms with van der Waals surface area (Å²) in [7, 11) is 3.09. The number of carbonyl (C=O) groups is 2. The third kappa shape index (κ3) is 3.80. The van der Waals surface area contributed by atoms with E-state index in [0.29, 0.717) is 12.0 Å². The van der Waals surface area contributed by atoms with Crippen LogP contribution in [0.2, 0.25) is 0 Å². The Morgan fingerprint density at radius 1 is 1.10 bits per heavy atom. The Kier molecular flexibility index (Phi) is 5.59. The number of hydrogen-bond donors (Lipinski definition) is 0. The number of rotatable bonds is 5.